The Hall–Kier alpha value is -0.880. The van der Waals surface area contributed by atoms with Gasteiger partial charge in [0.2, 0.25) is 12.7 Å². The van der Waals surface area contributed by atoms with E-state index in [0.717, 1.165) is 19.6 Å². The molecular weight excluding hydrogens is 408 g/mol. The van der Waals surface area contributed by atoms with E-state index < -0.39 is 0 Å². The number of halogens is 2. The van der Waals surface area contributed by atoms with Gasteiger partial charge in [0.1, 0.15) is 24.8 Å². The van der Waals surface area contributed by atoms with Crippen LogP contribution < -0.4 is 43.1 Å². The van der Waals surface area contributed by atoms with Gasteiger partial charge < -0.3 is 34.0 Å². The lowest BCUT2D eigenvalue weighted by Gasteiger charge is -1.99. The van der Waals surface area contributed by atoms with Crippen LogP contribution in [-0.4, -0.2) is 9.13 Å². The molecule has 0 unspecified atom stereocenters. The smallest absolute Gasteiger partial charge is 0.248 e. The van der Waals surface area contributed by atoms with E-state index in [9.17, 15) is 0 Å². The molecule has 0 aliphatic heterocycles. The number of nitrogens with zero attached hydrogens (tertiary/aromatic N) is 4. The molecule has 0 spiro atoms. The van der Waals surface area contributed by atoms with Crippen LogP contribution in [0.3, 0.4) is 0 Å². The van der Waals surface area contributed by atoms with Crippen molar-refractivity contribution < 1.29 is 43.1 Å². The zero-order valence-corrected chi connectivity index (χ0v) is 16.4. The van der Waals surface area contributed by atoms with Gasteiger partial charge >= 0.3 is 0 Å². The van der Waals surface area contributed by atoms with Gasteiger partial charge in [0.05, 0.1) is 25.8 Å². The van der Waals surface area contributed by atoms with Crippen molar-refractivity contribution in [2.24, 2.45) is 0 Å². The second-order valence-corrected chi connectivity index (χ2v) is 5.18. The summed E-state index contributed by atoms with van der Waals surface area (Å²) in [6.45, 7) is 9.20. The summed E-state index contributed by atoms with van der Waals surface area (Å²) >= 11 is 0. The number of hydrogen-bond donors (Lipinski definition) is 0. The summed E-state index contributed by atoms with van der Waals surface area (Å²) in [4.78, 5) is 0. The molecule has 2 aromatic rings. The minimum absolute atomic E-state index is 0. The topological polar surface area (TPSA) is 17.6 Å². The monoisotopic (exact) mass is 432 g/mol. The Morgan fingerprint density at radius 3 is 2.00 bits per heavy atom. The van der Waals surface area contributed by atoms with E-state index in [1.54, 1.807) is 0 Å². The van der Waals surface area contributed by atoms with Crippen LogP contribution in [0.2, 0.25) is 0 Å². The predicted molar refractivity (Wildman–Crippen MR) is 79.8 cm³/mol. The highest BCUT2D eigenvalue weighted by atomic mass is 79.9. The molecule has 0 bridgehead atoms. The minimum atomic E-state index is 0. The summed E-state index contributed by atoms with van der Waals surface area (Å²) < 4.78 is 8.69. The SMILES string of the molecule is C=Cn1cc[n+](CCCCCC[n+]2ccn(CC)c2)c1.[Br-].[Br-]. The lowest BCUT2D eigenvalue weighted by molar-refractivity contribution is -0.698. The molecule has 0 fully saturated rings. The fourth-order valence-electron chi connectivity index (χ4n) is 2.35. The summed E-state index contributed by atoms with van der Waals surface area (Å²) in [5.74, 6) is 0. The summed E-state index contributed by atoms with van der Waals surface area (Å²) in [6, 6.07) is 0. The predicted octanol–water partition coefficient (Wildman–Crippen LogP) is -3.75. The molecule has 22 heavy (non-hydrogen) atoms. The fourth-order valence-corrected chi connectivity index (χ4v) is 2.35. The van der Waals surface area contributed by atoms with Crippen molar-refractivity contribution in [3.05, 3.63) is 44.0 Å². The molecular formula is C16H26Br2N4. The Morgan fingerprint density at radius 2 is 1.50 bits per heavy atom. The first kappa shape index (κ1) is 21.1. The highest BCUT2D eigenvalue weighted by molar-refractivity contribution is 5.12. The van der Waals surface area contributed by atoms with Gasteiger partial charge in [0, 0.05) is 0 Å². The van der Waals surface area contributed by atoms with Crippen molar-refractivity contribution >= 4 is 6.20 Å². The standard InChI is InChI=1S/C16H26N4.2BrH/c1-3-17-11-13-19(15-17)9-7-5-6-8-10-20-14-12-18(4-2)16-20;;/h3,11-16H,1,4-10H2,2H3;2*1H/q+2;;/p-2. The average molecular weight is 434 g/mol. The number of hydrogen-bond acceptors (Lipinski definition) is 0. The van der Waals surface area contributed by atoms with Gasteiger partial charge in [-0.3, -0.25) is 0 Å². The van der Waals surface area contributed by atoms with Crippen molar-refractivity contribution in [3.8, 4) is 0 Å². The highest BCUT2D eigenvalue weighted by Gasteiger charge is 2.02. The molecule has 0 N–H and O–H groups in total. The van der Waals surface area contributed by atoms with E-state index in [1.165, 1.54) is 25.7 Å². The Bertz CT molecular complexity index is 534. The summed E-state index contributed by atoms with van der Waals surface area (Å²) in [5, 5.41) is 0. The molecule has 0 aliphatic carbocycles. The zero-order chi connectivity index (χ0) is 14.2. The highest BCUT2D eigenvalue weighted by Crippen LogP contribution is 2.00. The molecule has 0 radical (unpaired) electrons. The molecule has 0 amide bonds. The van der Waals surface area contributed by atoms with Crippen molar-refractivity contribution in [1.82, 2.24) is 9.13 Å². The first-order valence-electron chi connectivity index (χ1n) is 7.55. The molecule has 124 valence electrons. The number of aromatic nitrogens is 4. The third-order valence-electron chi connectivity index (χ3n) is 3.62. The van der Waals surface area contributed by atoms with Crippen LogP contribution in [0.15, 0.2) is 44.0 Å². The first-order valence-corrected chi connectivity index (χ1v) is 7.55. The van der Waals surface area contributed by atoms with Crippen molar-refractivity contribution in [1.29, 1.82) is 0 Å². The van der Waals surface area contributed by atoms with E-state index in [0.29, 0.717) is 0 Å². The molecule has 0 aromatic carbocycles. The van der Waals surface area contributed by atoms with Crippen LogP contribution in [0.4, 0.5) is 0 Å². The van der Waals surface area contributed by atoms with Crippen LogP contribution in [0, 0.1) is 0 Å². The van der Waals surface area contributed by atoms with E-state index in [-0.39, 0.29) is 34.0 Å². The molecule has 6 heteroatoms. The normalized spacial score (nSPS) is 9.86. The number of unbranched alkanes of at least 4 members (excludes halogenated alkanes) is 3. The Labute approximate surface area is 154 Å². The number of aryl methyl sites for hydroxylation is 3. The second-order valence-electron chi connectivity index (χ2n) is 5.18. The van der Waals surface area contributed by atoms with Crippen LogP contribution in [0.1, 0.15) is 32.6 Å². The van der Waals surface area contributed by atoms with Gasteiger partial charge in [-0.2, -0.15) is 0 Å². The first-order chi connectivity index (χ1) is 9.81. The third-order valence-corrected chi connectivity index (χ3v) is 3.62. The van der Waals surface area contributed by atoms with E-state index in [4.69, 9.17) is 0 Å². The molecule has 0 saturated carbocycles. The molecule has 4 nitrogen and oxygen atoms in total. The Kier molecular flexibility index (Phi) is 11.2. The van der Waals surface area contributed by atoms with Crippen molar-refractivity contribution in [2.45, 2.75) is 52.2 Å². The Morgan fingerprint density at radius 1 is 0.909 bits per heavy atom. The lowest BCUT2D eigenvalue weighted by Crippen LogP contribution is -3.00. The number of imidazole rings is 2. The second kappa shape index (κ2) is 11.7. The van der Waals surface area contributed by atoms with Gasteiger partial charge in [0.25, 0.3) is 0 Å². The zero-order valence-electron chi connectivity index (χ0n) is 13.2. The minimum Gasteiger partial charge on any atom is -1.00 e. The van der Waals surface area contributed by atoms with Gasteiger partial charge in [-0.15, -0.1) is 0 Å². The quantitative estimate of drug-likeness (QED) is 0.285. The van der Waals surface area contributed by atoms with Gasteiger partial charge in [0.15, 0.2) is 0 Å². The molecule has 2 heterocycles. The maximum Gasteiger partial charge on any atom is 0.248 e. The molecule has 2 rings (SSSR count). The lowest BCUT2D eigenvalue weighted by atomic mass is 10.2. The summed E-state index contributed by atoms with van der Waals surface area (Å²) in [5.41, 5.74) is 0. The van der Waals surface area contributed by atoms with Crippen molar-refractivity contribution in [3.63, 3.8) is 0 Å². The van der Waals surface area contributed by atoms with Crippen LogP contribution >= 0.6 is 0 Å². The van der Waals surface area contributed by atoms with Crippen molar-refractivity contribution in [2.75, 3.05) is 0 Å². The third kappa shape index (κ3) is 6.92. The van der Waals surface area contributed by atoms with Crippen LogP contribution in [-0.2, 0) is 19.6 Å². The van der Waals surface area contributed by atoms with E-state index >= 15 is 0 Å². The summed E-state index contributed by atoms with van der Waals surface area (Å²) in [6.07, 6.45) is 19.6. The van der Waals surface area contributed by atoms with E-state index in [1.807, 2.05) is 17.0 Å². The maximum atomic E-state index is 3.75. The van der Waals surface area contributed by atoms with Gasteiger partial charge in [-0.25, -0.2) is 18.3 Å². The van der Waals surface area contributed by atoms with Crippen LogP contribution in [0.25, 0.3) is 6.20 Å². The molecule has 0 atom stereocenters. The van der Waals surface area contributed by atoms with Crippen LogP contribution in [0.5, 0.6) is 0 Å². The van der Waals surface area contributed by atoms with E-state index in [2.05, 4.69) is 58.4 Å². The number of rotatable bonds is 9. The fraction of sp³-hybridized carbons (Fsp3) is 0.500. The largest absolute Gasteiger partial charge is 1.00 e. The molecule has 0 aliphatic rings. The van der Waals surface area contributed by atoms with Gasteiger partial charge in [-0.1, -0.05) is 6.58 Å². The van der Waals surface area contributed by atoms with Gasteiger partial charge in [-0.05, 0) is 32.6 Å². The summed E-state index contributed by atoms with van der Waals surface area (Å²) in [7, 11) is 0. The molecule has 0 saturated heterocycles. The Balaban J connectivity index is 0.00000220. The maximum absolute atomic E-state index is 3.75. The molecule has 2 aromatic heterocycles. The average Bonchev–Trinajstić information content (AvgIpc) is 3.11.